The normalized spacial score (nSPS) is 15.0. The van der Waals surface area contributed by atoms with Gasteiger partial charge in [0.2, 0.25) is 10.0 Å². The van der Waals surface area contributed by atoms with E-state index < -0.39 is 15.8 Å². The Kier molecular flexibility index (Phi) is 6.63. The van der Waals surface area contributed by atoms with Crippen LogP contribution in [0.3, 0.4) is 0 Å². The number of rotatable bonds is 8. The number of sulfonamides is 1. The molecule has 0 atom stereocenters. The van der Waals surface area contributed by atoms with E-state index in [1.54, 1.807) is 13.8 Å². The summed E-state index contributed by atoms with van der Waals surface area (Å²) in [7, 11) is -3.32. The Morgan fingerprint density at radius 2 is 2.12 bits per heavy atom. The summed E-state index contributed by atoms with van der Waals surface area (Å²) in [5, 5.41) is 14.4. The summed E-state index contributed by atoms with van der Waals surface area (Å²) in [4.78, 5) is 5.10. The largest absolute Gasteiger partial charge is 0.366 e. The van der Waals surface area contributed by atoms with Gasteiger partial charge < -0.3 is 5.32 Å². The van der Waals surface area contributed by atoms with Gasteiger partial charge >= 0.3 is 0 Å². The van der Waals surface area contributed by atoms with Gasteiger partial charge in [0.25, 0.3) is 0 Å². The Bertz CT molecular complexity index is 744. The molecule has 0 radical (unpaired) electrons. The zero-order chi connectivity index (χ0) is 18.6. The van der Waals surface area contributed by atoms with Crippen LogP contribution >= 0.6 is 15.9 Å². The van der Waals surface area contributed by atoms with Crippen LogP contribution in [0.4, 0.5) is 10.1 Å². The summed E-state index contributed by atoms with van der Waals surface area (Å²) in [6.45, 7) is 3.82. The van der Waals surface area contributed by atoms with Gasteiger partial charge in [-0.25, -0.2) is 17.5 Å². The van der Waals surface area contributed by atoms with Crippen molar-refractivity contribution in [1.82, 2.24) is 15.3 Å². The standard InChI is InChI=1S/C14H20BrFN4O4S/c1-10(2)18-25(22,23)7-3-6-17-14-9-19(24-20(14)21)11-4-5-13(16)12(15)8-11/h4-5,8-10,17-18,21H,3,6-7H2,1-2H3. The summed E-state index contributed by atoms with van der Waals surface area (Å²) in [5.41, 5.74) is 0.493. The fourth-order valence-electron chi connectivity index (χ4n) is 2.07. The minimum Gasteiger partial charge on any atom is -0.366 e. The van der Waals surface area contributed by atoms with Crippen molar-refractivity contribution in [3.05, 3.63) is 40.5 Å². The number of hydroxylamine groups is 3. The van der Waals surface area contributed by atoms with Crippen LogP contribution in [0, 0.1) is 5.82 Å². The van der Waals surface area contributed by atoms with Crippen LogP contribution in [0.1, 0.15) is 20.3 Å². The summed E-state index contributed by atoms with van der Waals surface area (Å²) >= 11 is 3.08. The van der Waals surface area contributed by atoms with E-state index in [0.29, 0.717) is 23.9 Å². The highest BCUT2D eigenvalue weighted by Crippen LogP contribution is 2.27. The molecule has 25 heavy (non-hydrogen) atoms. The molecule has 1 heterocycles. The molecule has 3 N–H and O–H groups in total. The van der Waals surface area contributed by atoms with Crippen LogP contribution in [0.5, 0.6) is 0 Å². The molecule has 0 amide bonds. The molecule has 8 nitrogen and oxygen atoms in total. The lowest BCUT2D eigenvalue weighted by atomic mass is 10.3. The molecule has 1 aromatic carbocycles. The molecule has 0 aromatic heterocycles. The van der Waals surface area contributed by atoms with E-state index in [1.165, 1.54) is 29.5 Å². The van der Waals surface area contributed by atoms with Crippen LogP contribution in [0.15, 0.2) is 34.7 Å². The van der Waals surface area contributed by atoms with E-state index in [2.05, 4.69) is 26.0 Å². The monoisotopic (exact) mass is 438 g/mol. The average molecular weight is 439 g/mol. The lowest BCUT2D eigenvalue weighted by Crippen LogP contribution is -2.33. The van der Waals surface area contributed by atoms with Crippen molar-refractivity contribution < 1.29 is 23.0 Å². The van der Waals surface area contributed by atoms with Gasteiger partial charge in [-0.15, -0.1) is 4.94 Å². The third-order valence-corrected chi connectivity index (χ3v) is 5.34. The molecule has 1 aliphatic heterocycles. The van der Waals surface area contributed by atoms with Crippen molar-refractivity contribution in [2.24, 2.45) is 0 Å². The Morgan fingerprint density at radius 1 is 1.40 bits per heavy atom. The maximum atomic E-state index is 13.3. The summed E-state index contributed by atoms with van der Waals surface area (Å²) in [5.74, 6) is -0.219. The first-order valence-electron chi connectivity index (χ1n) is 7.55. The smallest absolute Gasteiger partial charge is 0.211 e. The molecule has 0 fully saturated rings. The molecular formula is C14H20BrFN4O4S. The van der Waals surface area contributed by atoms with Crippen molar-refractivity contribution in [3.8, 4) is 0 Å². The zero-order valence-electron chi connectivity index (χ0n) is 13.7. The van der Waals surface area contributed by atoms with Gasteiger partial charge in [0, 0.05) is 12.6 Å². The predicted molar refractivity (Wildman–Crippen MR) is 94.1 cm³/mol. The molecule has 0 spiro atoms. The quantitative estimate of drug-likeness (QED) is 0.534. The van der Waals surface area contributed by atoms with E-state index in [4.69, 9.17) is 4.94 Å². The third kappa shape index (κ3) is 5.82. The SMILES string of the molecule is CC(C)NS(=O)(=O)CCCNC1=CN(c2ccc(F)c(Br)c2)ON1O. The average Bonchev–Trinajstić information content (AvgIpc) is 2.86. The summed E-state index contributed by atoms with van der Waals surface area (Å²) in [6.07, 6.45) is 1.80. The first-order valence-corrected chi connectivity index (χ1v) is 9.99. The lowest BCUT2D eigenvalue weighted by molar-refractivity contribution is -0.306. The van der Waals surface area contributed by atoms with E-state index in [-0.39, 0.29) is 22.1 Å². The molecule has 2 rings (SSSR count). The first kappa shape index (κ1) is 19.9. The van der Waals surface area contributed by atoms with Crippen LogP contribution in [-0.4, -0.2) is 37.2 Å². The van der Waals surface area contributed by atoms with E-state index >= 15 is 0 Å². The second-order valence-electron chi connectivity index (χ2n) is 5.66. The Morgan fingerprint density at radius 3 is 2.76 bits per heavy atom. The zero-order valence-corrected chi connectivity index (χ0v) is 16.1. The van der Waals surface area contributed by atoms with E-state index in [0.717, 1.165) is 0 Å². The Balaban J connectivity index is 1.88. The van der Waals surface area contributed by atoms with E-state index in [9.17, 15) is 18.0 Å². The van der Waals surface area contributed by atoms with Crippen molar-refractivity contribution in [1.29, 1.82) is 0 Å². The highest BCUT2D eigenvalue weighted by molar-refractivity contribution is 9.10. The fourth-order valence-corrected chi connectivity index (χ4v) is 3.79. The summed E-state index contributed by atoms with van der Waals surface area (Å²) < 4.78 is 39.5. The van der Waals surface area contributed by atoms with Crippen LogP contribution < -0.4 is 15.1 Å². The van der Waals surface area contributed by atoms with Crippen LogP contribution in [0.2, 0.25) is 0 Å². The molecule has 1 aromatic rings. The van der Waals surface area contributed by atoms with Gasteiger partial charge in [-0.2, -0.15) is 5.06 Å². The third-order valence-electron chi connectivity index (χ3n) is 3.08. The number of benzene rings is 1. The predicted octanol–water partition coefficient (Wildman–Crippen LogP) is 2.05. The lowest BCUT2D eigenvalue weighted by Gasteiger charge is -2.16. The molecule has 0 saturated heterocycles. The van der Waals surface area contributed by atoms with Gasteiger partial charge in [0.1, 0.15) is 5.82 Å². The van der Waals surface area contributed by atoms with Gasteiger partial charge in [0.15, 0.2) is 5.82 Å². The minimum atomic E-state index is -3.32. The first-order chi connectivity index (χ1) is 11.7. The Labute approximate surface area is 154 Å². The van der Waals surface area contributed by atoms with Crippen molar-refractivity contribution in [2.45, 2.75) is 26.3 Å². The Hall–Kier alpha value is -1.40. The van der Waals surface area contributed by atoms with E-state index in [1.807, 2.05) is 0 Å². The van der Waals surface area contributed by atoms with Crippen molar-refractivity contribution in [2.75, 3.05) is 17.4 Å². The van der Waals surface area contributed by atoms with Gasteiger partial charge in [0.05, 0.1) is 22.1 Å². The number of hydrogen-bond acceptors (Lipinski definition) is 7. The maximum Gasteiger partial charge on any atom is 0.211 e. The highest BCUT2D eigenvalue weighted by Gasteiger charge is 2.23. The number of hydrogen-bond donors (Lipinski definition) is 3. The molecule has 0 bridgehead atoms. The molecule has 1 aliphatic rings. The molecule has 11 heteroatoms. The van der Waals surface area contributed by atoms with Gasteiger partial charge in [-0.3, -0.25) is 5.21 Å². The van der Waals surface area contributed by atoms with Crippen molar-refractivity contribution >= 4 is 31.6 Å². The summed E-state index contributed by atoms with van der Waals surface area (Å²) in [6, 6.07) is 4.08. The number of nitrogens with one attached hydrogen (secondary N) is 2. The second-order valence-corrected chi connectivity index (χ2v) is 8.39. The van der Waals surface area contributed by atoms with Crippen LogP contribution in [-0.2, 0) is 15.0 Å². The molecule has 0 unspecified atom stereocenters. The number of halogens is 2. The second kappa shape index (κ2) is 8.32. The molecule has 0 saturated carbocycles. The topological polar surface area (TPSA) is 94.1 Å². The van der Waals surface area contributed by atoms with Crippen molar-refractivity contribution in [3.63, 3.8) is 0 Å². The molecule has 0 aliphatic carbocycles. The molecule has 140 valence electrons. The van der Waals surface area contributed by atoms with Crippen LogP contribution in [0.25, 0.3) is 0 Å². The number of anilines is 1. The fraction of sp³-hybridized carbons (Fsp3) is 0.429. The highest BCUT2D eigenvalue weighted by atomic mass is 79.9. The maximum absolute atomic E-state index is 13.3. The van der Waals surface area contributed by atoms with Gasteiger partial charge in [-0.1, -0.05) is 5.23 Å². The molecular weight excluding hydrogens is 419 g/mol. The van der Waals surface area contributed by atoms with Gasteiger partial charge in [-0.05, 0) is 54.4 Å². The minimum absolute atomic E-state index is 0.0353. The number of nitrogens with zero attached hydrogens (tertiary/aromatic N) is 2.